The van der Waals surface area contributed by atoms with Crippen molar-refractivity contribution in [3.05, 3.63) is 70.2 Å². The summed E-state index contributed by atoms with van der Waals surface area (Å²) in [7, 11) is 4.17. The molecule has 3 aliphatic rings. The number of aliphatic hydroxyl groups excluding tert-OH is 1. The predicted molar refractivity (Wildman–Crippen MR) is 163 cm³/mol. The predicted octanol–water partition coefficient (Wildman–Crippen LogP) is 6.23. The van der Waals surface area contributed by atoms with Crippen molar-refractivity contribution in [3.63, 3.8) is 0 Å². The molecule has 216 valence electrons. The van der Waals surface area contributed by atoms with E-state index in [4.69, 9.17) is 21.3 Å². The summed E-state index contributed by atoms with van der Waals surface area (Å²) < 4.78 is 22.7. The lowest BCUT2D eigenvalue weighted by atomic mass is 10.0. The van der Waals surface area contributed by atoms with Crippen molar-refractivity contribution in [3.8, 4) is 6.01 Å². The van der Waals surface area contributed by atoms with E-state index in [0.29, 0.717) is 34.9 Å². The van der Waals surface area contributed by atoms with E-state index in [-0.39, 0.29) is 34.0 Å². The molecule has 3 aromatic rings. The molecular formula is C32H37ClFN5O2. The molecule has 2 aliphatic heterocycles. The van der Waals surface area contributed by atoms with Crippen molar-refractivity contribution in [1.29, 1.82) is 0 Å². The Balaban J connectivity index is 1.40. The van der Waals surface area contributed by atoms with Crippen LogP contribution >= 0.6 is 11.6 Å². The van der Waals surface area contributed by atoms with Gasteiger partial charge in [-0.15, -0.1) is 0 Å². The summed E-state index contributed by atoms with van der Waals surface area (Å²) in [5.74, 6) is 0.119. The zero-order chi connectivity index (χ0) is 28.7. The second kappa shape index (κ2) is 11.6. The number of ether oxygens (including phenoxy) is 1. The van der Waals surface area contributed by atoms with Crippen LogP contribution in [0.3, 0.4) is 0 Å². The van der Waals surface area contributed by atoms with Crippen molar-refractivity contribution in [2.24, 2.45) is 0 Å². The number of nitrogens with zero attached hydrogens (tertiary/aromatic N) is 4. The van der Waals surface area contributed by atoms with Gasteiger partial charge in [-0.2, -0.15) is 9.97 Å². The third-order valence-corrected chi connectivity index (χ3v) is 8.89. The van der Waals surface area contributed by atoms with Gasteiger partial charge < -0.3 is 25.0 Å². The number of allylic oxidation sites excluding steroid dienone is 2. The Morgan fingerprint density at radius 2 is 1.85 bits per heavy atom. The summed E-state index contributed by atoms with van der Waals surface area (Å²) in [6.45, 7) is 3.30. The quantitative estimate of drug-likeness (QED) is 0.255. The minimum Gasteiger partial charge on any atom is -0.508 e. The largest absolute Gasteiger partial charge is 0.508 e. The number of anilines is 1. The first kappa shape index (κ1) is 27.9. The van der Waals surface area contributed by atoms with Crippen LogP contribution in [0.4, 0.5) is 10.2 Å². The second-order valence-electron chi connectivity index (χ2n) is 11.8. The lowest BCUT2D eigenvalue weighted by Crippen LogP contribution is -2.51. The number of rotatable bonds is 7. The molecule has 3 heterocycles. The molecule has 1 aliphatic carbocycles. The fourth-order valence-electron chi connectivity index (χ4n) is 6.48. The molecule has 0 spiro atoms. The van der Waals surface area contributed by atoms with E-state index >= 15 is 4.39 Å². The van der Waals surface area contributed by atoms with Gasteiger partial charge in [-0.3, -0.25) is 0 Å². The van der Waals surface area contributed by atoms with Crippen LogP contribution in [0, 0.1) is 5.82 Å². The van der Waals surface area contributed by atoms with Gasteiger partial charge in [-0.25, -0.2) is 4.39 Å². The minimum absolute atomic E-state index is 0.00429. The molecule has 2 aromatic carbocycles. The summed E-state index contributed by atoms with van der Waals surface area (Å²) in [4.78, 5) is 13.9. The van der Waals surface area contributed by atoms with Crippen LogP contribution < -0.4 is 15.0 Å². The lowest BCUT2D eigenvalue weighted by molar-refractivity contribution is 0.179. The zero-order valence-electron chi connectivity index (χ0n) is 23.8. The molecule has 41 heavy (non-hydrogen) atoms. The zero-order valence-corrected chi connectivity index (χ0v) is 24.5. The van der Waals surface area contributed by atoms with E-state index in [2.05, 4.69) is 34.2 Å². The first-order chi connectivity index (χ1) is 19.7. The number of fused-ring (bicyclic) bond motifs is 3. The number of hydrogen-bond acceptors (Lipinski definition) is 7. The van der Waals surface area contributed by atoms with Crippen LogP contribution in [0.5, 0.6) is 6.01 Å². The number of aliphatic hydroxyl groups is 1. The summed E-state index contributed by atoms with van der Waals surface area (Å²) in [6.07, 6.45) is 8.18. The second-order valence-corrected chi connectivity index (χ2v) is 12.2. The van der Waals surface area contributed by atoms with Crippen LogP contribution in [-0.4, -0.2) is 71.4 Å². The summed E-state index contributed by atoms with van der Waals surface area (Å²) in [5.41, 5.74) is 1.71. The van der Waals surface area contributed by atoms with Crippen LogP contribution in [0.25, 0.3) is 22.6 Å². The van der Waals surface area contributed by atoms with Gasteiger partial charge in [-0.1, -0.05) is 41.9 Å². The first-order valence-electron chi connectivity index (χ1n) is 14.4. The molecule has 0 radical (unpaired) electrons. The Bertz CT molecular complexity index is 1480. The molecule has 0 amide bonds. The molecule has 4 unspecified atom stereocenters. The van der Waals surface area contributed by atoms with Crippen molar-refractivity contribution >= 4 is 40.0 Å². The number of benzene rings is 2. The van der Waals surface area contributed by atoms with Gasteiger partial charge in [-0.05, 0) is 82.5 Å². The van der Waals surface area contributed by atoms with Gasteiger partial charge in [0.2, 0.25) is 0 Å². The monoisotopic (exact) mass is 577 g/mol. The highest BCUT2D eigenvalue weighted by Gasteiger charge is 2.35. The number of hydrogen-bond donors (Lipinski definition) is 2. The molecule has 7 nitrogen and oxygen atoms in total. The number of aromatic nitrogens is 2. The summed E-state index contributed by atoms with van der Waals surface area (Å²) in [5, 5.41) is 15.1. The van der Waals surface area contributed by atoms with E-state index < -0.39 is 5.82 Å². The van der Waals surface area contributed by atoms with E-state index in [1.54, 1.807) is 19.1 Å². The van der Waals surface area contributed by atoms with Crippen LogP contribution in [0.15, 0.2) is 48.2 Å². The molecule has 3 fully saturated rings. The first-order valence-corrected chi connectivity index (χ1v) is 14.8. The molecule has 2 N–H and O–H groups in total. The molecule has 6 rings (SSSR count). The average molecular weight is 578 g/mol. The van der Waals surface area contributed by atoms with Gasteiger partial charge in [0, 0.05) is 42.2 Å². The van der Waals surface area contributed by atoms with E-state index in [9.17, 15) is 5.11 Å². The maximum Gasteiger partial charge on any atom is 0.319 e. The van der Waals surface area contributed by atoms with Gasteiger partial charge >= 0.3 is 6.01 Å². The highest BCUT2D eigenvalue weighted by molar-refractivity contribution is 6.33. The number of piperazine rings is 1. The van der Waals surface area contributed by atoms with E-state index in [1.165, 1.54) is 6.08 Å². The molecular weight excluding hydrogens is 541 g/mol. The molecule has 4 atom stereocenters. The summed E-state index contributed by atoms with van der Waals surface area (Å²) in [6, 6.07) is 12.6. The fourth-order valence-corrected chi connectivity index (χ4v) is 6.82. The Morgan fingerprint density at radius 1 is 1.12 bits per heavy atom. The third kappa shape index (κ3) is 5.92. The molecule has 1 aromatic heterocycles. The van der Waals surface area contributed by atoms with Gasteiger partial charge in [0.25, 0.3) is 0 Å². The van der Waals surface area contributed by atoms with Crippen molar-refractivity contribution < 1.29 is 14.2 Å². The van der Waals surface area contributed by atoms with Gasteiger partial charge in [0.05, 0.1) is 5.02 Å². The van der Waals surface area contributed by atoms with Crippen molar-refractivity contribution in [2.75, 3.05) is 32.1 Å². The SMILES string of the molecule is C/C(=C\C(O)=C/c1ccccc1)c1c(Cl)cc2c(N3CC4CCC(C3)N4)nc(OC3CCC(N(C)C)C3)nc2c1F. The van der Waals surface area contributed by atoms with Crippen LogP contribution in [0.1, 0.15) is 50.2 Å². The molecule has 1 saturated carbocycles. The Hall–Kier alpha value is -3.20. The normalized spacial score (nSPS) is 25.0. The van der Waals surface area contributed by atoms with Crippen molar-refractivity contribution in [2.45, 2.75) is 63.3 Å². The minimum atomic E-state index is -0.544. The third-order valence-electron chi connectivity index (χ3n) is 8.59. The summed E-state index contributed by atoms with van der Waals surface area (Å²) >= 11 is 6.75. The van der Waals surface area contributed by atoms with E-state index in [1.807, 2.05) is 30.3 Å². The average Bonchev–Trinajstić information content (AvgIpc) is 3.54. The Morgan fingerprint density at radius 3 is 2.54 bits per heavy atom. The number of nitrogens with one attached hydrogen (secondary N) is 1. The molecule has 2 bridgehead atoms. The van der Waals surface area contributed by atoms with Gasteiger partial charge in [0.15, 0.2) is 5.82 Å². The van der Waals surface area contributed by atoms with Crippen LogP contribution in [0.2, 0.25) is 5.02 Å². The fraction of sp³-hybridized carbons (Fsp3) is 0.438. The highest BCUT2D eigenvalue weighted by Crippen LogP contribution is 2.38. The smallest absolute Gasteiger partial charge is 0.319 e. The van der Waals surface area contributed by atoms with Crippen LogP contribution in [-0.2, 0) is 0 Å². The maximum atomic E-state index is 16.4. The standard InChI is InChI=1S/C32H37ClFN5O2/c1-19(13-24(40)14-20-7-5-4-6-8-20)28-27(33)16-26-30(29(28)34)36-32(41-25-12-11-23(15-25)38(2)3)37-31(26)39-17-21-9-10-22(18-39)35-21/h4-8,13-14,16,21-23,25,35,40H,9-12,15,17-18H2,1-3H3/b19-13+,24-14+. The maximum absolute atomic E-state index is 16.4. The van der Waals surface area contributed by atoms with Crippen molar-refractivity contribution in [1.82, 2.24) is 20.2 Å². The Kier molecular flexibility index (Phi) is 7.90. The van der Waals surface area contributed by atoms with E-state index in [0.717, 1.165) is 50.8 Å². The molecule has 2 saturated heterocycles. The highest BCUT2D eigenvalue weighted by atomic mass is 35.5. The number of halogens is 2. The Labute approximate surface area is 245 Å². The topological polar surface area (TPSA) is 73.8 Å². The van der Waals surface area contributed by atoms with Gasteiger partial charge in [0.1, 0.15) is 23.2 Å². The lowest BCUT2D eigenvalue weighted by Gasteiger charge is -2.34. The molecule has 9 heteroatoms.